The Hall–Kier alpha value is -1.03. The molecule has 0 unspecified atom stereocenters. The summed E-state index contributed by atoms with van der Waals surface area (Å²) in [5.74, 6) is -0.589. The third kappa shape index (κ3) is 3.54. The van der Waals surface area contributed by atoms with Crippen LogP contribution >= 0.6 is 0 Å². The summed E-state index contributed by atoms with van der Waals surface area (Å²) in [5.41, 5.74) is 9.83. The molecule has 0 spiro atoms. The second kappa shape index (κ2) is 3.09. The van der Waals surface area contributed by atoms with Gasteiger partial charge >= 0.3 is 0 Å². The number of primary amides is 1. The number of amides is 1. The summed E-state index contributed by atoms with van der Waals surface area (Å²) in [6.07, 6.45) is -1.16. The summed E-state index contributed by atoms with van der Waals surface area (Å²) >= 11 is 0. The zero-order valence-electron chi connectivity index (χ0n) is 5.00. The lowest BCUT2D eigenvalue weighted by Crippen LogP contribution is -2.24. The molecule has 9 heavy (non-hydrogen) atoms. The average molecular weight is 130 g/mol. The Balaban J connectivity index is 3.63. The third-order valence-corrected chi connectivity index (χ3v) is 0.823. The molecule has 0 aromatic heterocycles. The fraction of sp³-hybridized carbons (Fsp3) is 0.400. The molecule has 0 aliphatic heterocycles. The maximum atomic E-state index is 10.1. The van der Waals surface area contributed by atoms with Gasteiger partial charge in [0.05, 0.1) is 6.42 Å². The lowest BCUT2D eigenvalue weighted by molar-refractivity contribution is -0.119. The smallest absolute Gasteiger partial charge is 0.220 e. The van der Waals surface area contributed by atoms with Crippen LogP contribution in [-0.2, 0) is 4.79 Å². The van der Waals surface area contributed by atoms with Crippen molar-refractivity contribution >= 4 is 5.91 Å². The van der Waals surface area contributed by atoms with E-state index < -0.39 is 12.0 Å². The molecule has 0 aromatic carbocycles. The van der Waals surface area contributed by atoms with Crippen molar-refractivity contribution in [1.82, 2.24) is 0 Å². The number of nitrogens with two attached hydrogens (primary N) is 2. The molecule has 52 valence electrons. The second-order valence-corrected chi connectivity index (χ2v) is 1.76. The summed E-state index contributed by atoms with van der Waals surface area (Å²) in [7, 11) is 0. The molecule has 0 radical (unpaired) electrons. The third-order valence-electron chi connectivity index (χ3n) is 0.823. The zero-order valence-corrected chi connectivity index (χ0v) is 5.00. The highest BCUT2D eigenvalue weighted by atomic mass is 16.3. The van der Waals surface area contributed by atoms with E-state index in [1.165, 1.54) is 0 Å². The van der Waals surface area contributed by atoms with E-state index in [1.54, 1.807) is 0 Å². The summed E-state index contributed by atoms with van der Waals surface area (Å²) in [6.45, 7) is 3.23. The topological polar surface area (TPSA) is 89.3 Å². The van der Waals surface area contributed by atoms with E-state index in [-0.39, 0.29) is 12.1 Å². The quantitative estimate of drug-likeness (QED) is 0.443. The van der Waals surface area contributed by atoms with Crippen molar-refractivity contribution in [2.24, 2.45) is 11.5 Å². The van der Waals surface area contributed by atoms with E-state index in [2.05, 4.69) is 6.58 Å². The van der Waals surface area contributed by atoms with Gasteiger partial charge in [-0.2, -0.15) is 0 Å². The molecule has 0 aliphatic rings. The highest BCUT2D eigenvalue weighted by molar-refractivity contribution is 5.74. The van der Waals surface area contributed by atoms with Gasteiger partial charge in [0.1, 0.15) is 6.10 Å². The number of aliphatic hydroxyl groups is 1. The molecule has 0 aliphatic carbocycles. The van der Waals surface area contributed by atoms with Gasteiger partial charge < -0.3 is 16.6 Å². The van der Waals surface area contributed by atoms with Gasteiger partial charge in [0.15, 0.2) is 0 Å². The van der Waals surface area contributed by atoms with Crippen molar-refractivity contribution in [1.29, 1.82) is 0 Å². The van der Waals surface area contributed by atoms with Crippen LogP contribution in [0.25, 0.3) is 0 Å². The van der Waals surface area contributed by atoms with Gasteiger partial charge in [-0.05, 0) is 0 Å². The van der Waals surface area contributed by atoms with E-state index in [9.17, 15) is 4.79 Å². The largest absolute Gasteiger partial charge is 0.400 e. The van der Waals surface area contributed by atoms with Crippen molar-refractivity contribution in [3.05, 3.63) is 12.3 Å². The second-order valence-electron chi connectivity index (χ2n) is 1.76. The Morgan fingerprint density at radius 2 is 2.11 bits per heavy atom. The Morgan fingerprint density at radius 3 is 2.22 bits per heavy atom. The normalized spacial score (nSPS) is 12.6. The Kier molecular flexibility index (Phi) is 2.73. The van der Waals surface area contributed by atoms with Crippen LogP contribution in [0, 0.1) is 0 Å². The van der Waals surface area contributed by atoms with Gasteiger partial charge in [0, 0.05) is 5.70 Å². The van der Waals surface area contributed by atoms with Gasteiger partial charge in [-0.3, -0.25) is 4.79 Å². The van der Waals surface area contributed by atoms with Crippen LogP contribution in [0.2, 0.25) is 0 Å². The first-order valence-electron chi connectivity index (χ1n) is 2.44. The van der Waals surface area contributed by atoms with Gasteiger partial charge in [0.2, 0.25) is 5.91 Å². The fourth-order valence-electron chi connectivity index (χ4n) is 0.322. The molecule has 5 N–H and O–H groups in total. The average Bonchev–Trinajstić information content (AvgIpc) is 1.63. The highest BCUT2D eigenvalue weighted by Crippen LogP contribution is 1.94. The van der Waals surface area contributed by atoms with Crippen LogP contribution in [-0.4, -0.2) is 17.1 Å². The SMILES string of the molecule is C=C(N)[C@@H](O)CC(N)=O. The Morgan fingerprint density at radius 1 is 1.67 bits per heavy atom. The van der Waals surface area contributed by atoms with Crippen LogP contribution in [0.4, 0.5) is 0 Å². The van der Waals surface area contributed by atoms with Gasteiger partial charge in [0.25, 0.3) is 0 Å². The molecule has 0 saturated heterocycles. The lowest BCUT2D eigenvalue weighted by atomic mass is 10.2. The number of carbonyl (C=O) groups excluding carboxylic acids is 1. The summed E-state index contributed by atoms with van der Waals surface area (Å²) in [5, 5.41) is 8.77. The number of hydrogen-bond acceptors (Lipinski definition) is 3. The Bertz CT molecular complexity index is 133. The number of hydrogen-bond donors (Lipinski definition) is 3. The van der Waals surface area contributed by atoms with Crippen molar-refractivity contribution in [3.8, 4) is 0 Å². The van der Waals surface area contributed by atoms with Crippen LogP contribution < -0.4 is 11.5 Å². The lowest BCUT2D eigenvalue weighted by Gasteiger charge is -2.05. The number of aliphatic hydroxyl groups excluding tert-OH is 1. The first kappa shape index (κ1) is 7.97. The molecule has 0 saturated carbocycles. The monoisotopic (exact) mass is 130 g/mol. The van der Waals surface area contributed by atoms with Crippen molar-refractivity contribution in [2.75, 3.05) is 0 Å². The molecule has 1 amide bonds. The molecule has 0 fully saturated rings. The van der Waals surface area contributed by atoms with E-state index in [0.29, 0.717) is 0 Å². The van der Waals surface area contributed by atoms with Crippen molar-refractivity contribution in [2.45, 2.75) is 12.5 Å². The standard InChI is InChI=1S/C5H10N2O2/c1-3(6)4(8)2-5(7)9/h4,8H,1-2,6H2,(H2,7,9)/t4-/m0/s1. The first-order chi connectivity index (χ1) is 4.04. The summed E-state index contributed by atoms with van der Waals surface area (Å²) in [6, 6.07) is 0. The van der Waals surface area contributed by atoms with E-state index in [0.717, 1.165) is 0 Å². The highest BCUT2D eigenvalue weighted by Gasteiger charge is 2.07. The van der Waals surface area contributed by atoms with Crippen molar-refractivity contribution < 1.29 is 9.90 Å². The van der Waals surface area contributed by atoms with Crippen LogP contribution in [0.15, 0.2) is 12.3 Å². The number of rotatable bonds is 3. The molecule has 0 aromatic rings. The first-order valence-corrected chi connectivity index (χ1v) is 2.44. The minimum absolute atomic E-state index is 0.0637. The summed E-state index contributed by atoms with van der Waals surface area (Å²) in [4.78, 5) is 10.1. The molecule has 0 rings (SSSR count). The van der Waals surface area contributed by atoms with Crippen LogP contribution in [0.5, 0.6) is 0 Å². The maximum absolute atomic E-state index is 10.1. The van der Waals surface area contributed by atoms with E-state index >= 15 is 0 Å². The molecule has 4 heteroatoms. The minimum atomic E-state index is -0.998. The van der Waals surface area contributed by atoms with Gasteiger partial charge in [-0.15, -0.1) is 0 Å². The molecule has 4 nitrogen and oxygen atoms in total. The Labute approximate surface area is 53.1 Å². The van der Waals surface area contributed by atoms with E-state index in [1.807, 2.05) is 0 Å². The van der Waals surface area contributed by atoms with E-state index in [4.69, 9.17) is 16.6 Å². The van der Waals surface area contributed by atoms with Crippen LogP contribution in [0.3, 0.4) is 0 Å². The minimum Gasteiger partial charge on any atom is -0.400 e. The maximum Gasteiger partial charge on any atom is 0.220 e. The number of carbonyl (C=O) groups is 1. The van der Waals surface area contributed by atoms with Crippen LogP contribution in [0.1, 0.15) is 6.42 Å². The van der Waals surface area contributed by atoms with Gasteiger partial charge in [-0.25, -0.2) is 0 Å². The molecular formula is C5H10N2O2. The molecule has 0 heterocycles. The van der Waals surface area contributed by atoms with Crippen molar-refractivity contribution in [3.63, 3.8) is 0 Å². The molecule has 0 bridgehead atoms. The predicted molar refractivity (Wildman–Crippen MR) is 33.1 cm³/mol. The molecule has 1 atom stereocenters. The van der Waals surface area contributed by atoms with Gasteiger partial charge in [-0.1, -0.05) is 6.58 Å². The fourth-order valence-corrected chi connectivity index (χ4v) is 0.322. The predicted octanol–water partition coefficient (Wildman–Crippen LogP) is -1.30. The zero-order chi connectivity index (χ0) is 7.44. The summed E-state index contributed by atoms with van der Waals surface area (Å²) < 4.78 is 0. The molecular weight excluding hydrogens is 120 g/mol.